The Morgan fingerprint density at radius 3 is 3.00 bits per heavy atom. The lowest BCUT2D eigenvalue weighted by molar-refractivity contribution is -0.0559. The second-order valence-corrected chi connectivity index (χ2v) is 4.94. The molecule has 0 amide bonds. The maximum Gasteiger partial charge on any atom is 0.0739 e. The summed E-state index contributed by atoms with van der Waals surface area (Å²) in [7, 11) is 0. The zero-order valence-electron chi connectivity index (χ0n) is 9.69. The third kappa shape index (κ3) is 2.71. The van der Waals surface area contributed by atoms with Crippen LogP contribution in [0.1, 0.15) is 32.6 Å². The third-order valence-electron chi connectivity index (χ3n) is 3.77. The van der Waals surface area contributed by atoms with Crippen LogP contribution < -0.4 is 0 Å². The van der Waals surface area contributed by atoms with Crippen LogP contribution in [0.25, 0.3) is 0 Å². The van der Waals surface area contributed by atoms with E-state index in [1.165, 1.54) is 25.8 Å². The van der Waals surface area contributed by atoms with Crippen molar-refractivity contribution >= 4 is 0 Å². The molecule has 0 aromatic heterocycles. The molecule has 15 heavy (non-hydrogen) atoms. The molecule has 1 N–H and O–H groups in total. The summed E-state index contributed by atoms with van der Waals surface area (Å²) in [6.07, 6.45) is 4.55. The molecule has 0 radical (unpaired) electrons. The van der Waals surface area contributed by atoms with E-state index in [1.54, 1.807) is 0 Å². The number of rotatable bonds is 3. The van der Waals surface area contributed by atoms with Crippen LogP contribution in [0.4, 0.5) is 0 Å². The lowest BCUT2D eigenvalue weighted by Crippen LogP contribution is -2.48. The Balaban J connectivity index is 1.83. The predicted octanol–water partition coefficient (Wildman–Crippen LogP) is 1.26. The molecule has 0 bridgehead atoms. The van der Waals surface area contributed by atoms with Crippen LogP contribution in [0.2, 0.25) is 0 Å². The number of aliphatic hydroxyl groups is 1. The van der Waals surface area contributed by atoms with Gasteiger partial charge in [0.15, 0.2) is 0 Å². The highest BCUT2D eigenvalue weighted by atomic mass is 16.5. The molecule has 3 atom stereocenters. The molecule has 2 heterocycles. The Bertz CT molecular complexity index is 198. The summed E-state index contributed by atoms with van der Waals surface area (Å²) in [5, 5.41) is 9.92. The summed E-state index contributed by atoms with van der Waals surface area (Å²) in [5.74, 6) is 0.851. The van der Waals surface area contributed by atoms with Crippen molar-refractivity contribution in [1.82, 2.24) is 4.90 Å². The average Bonchev–Trinajstić information content (AvgIpc) is 2.68. The van der Waals surface area contributed by atoms with Crippen LogP contribution in [-0.2, 0) is 4.74 Å². The van der Waals surface area contributed by atoms with Crippen molar-refractivity contribution in [3.8, 4) is 0 Å². The maximum absolute atomic E-state index is 9.92. The molecule has 0 saturated carbocycles. The molecule has 2 fully saturated rings. The van der Waals surface area contributed by atoms with Crippen LogP contribution in [-0.4, -0.2) is 48.5 Å². The number of nitrogens with zero attached hydrogens (tertiary/aromatic N) is 1. The van der Waals surface area contributed by atoms with E-state index in [0.29, 0.717) is 0 Å². The lowest BCUT2D eigenvalue weighted by atomic mass is 10.0. The molecule has 2 aliphatic rings. The van der Waals surface area contributed by atoms with Gasteiger partial charge in [-0.1, -0.05) is 13.3 Å². The van der Waals surface area contributed by atoms with Gasteiger partial charge >= 0.3 is 0 Å². The zero-order chi connectivity index (χ0) is 10.7. The molecule has 3 nitrogen and oxygen atoms in total. The van der Waals surface area contributed by atoms with Crippen LogP contribution in [0, 0.1) is 5.92 Å². The van der Waals surface area contributed by atoms with Crippen LogP contribution in [0.5, 0.6) is 0 Å². The van der Waals surface area contributed by atoms with E-state index in [2.05, 4.69) is 11.8 Å². The molecule has 3 unspecified atom stereocenters. The fourth-order valence-corrected chi connectivity index (χ4v) is 2.87. The van der Waals surface area contributed by atoms with Crippen molar-refractivity contribution < 1.29 is 9.84 Å². The van der Waals surface area contributed by atoms with Crippen molar-refractivity contribution in [3.63, 3.8) is 0 Å². The first-order chi connectivity index (χ1) is 7.31. The van der Waals surface area contributed by atoms with E-state index < -0.39 is 0 Å². The Labute approximate surface area is 92.4 Å². The highest BCUT2D eigenvalue weighted by molar-refractivity contribution is 4.87. The summed E-state index contributed by atoms with van der Waals surface area (Å²) < 4.78 is 5.46. The van der Waals surface area contributed by atoms with E-state index in [9.17, 15) is 5.11 Å². The minimum absolute atomic E-state index is 0.167. The Hall–Kier alpha value is -0.120. The number of aliphatic hydroxyl groups excluding tert-OH is 1. The average molecular weight is 213 g/mol. The minimum Gasteiger partial charge on any atom is -0.391 e. The van der Waals surface area contributed by atoms with E-state index >= 15 is 0 Å². The molecule has 2 saturated heterocycles. The van der Waals surface area contributed by atoms with Gasteiger partial charge in [0, 0.05) is 13.2 Å². The highest BCUT2D eigenvalue weighted by Crippen LogP contribution is 2.25. The van der Waals surface area contributed by atoms with E-state index in [-0.39, 0.29) is 12.1 Å². The van der Waals surface area contributed by atoms with Crippen LogP contribution in [0.3, 0.4) is 0 Å². The summed E-state index contributed by atoms with van der Waals surface area (Å²) in [6.45, 7) is 6.01. The zero-order valence-corrected chi connectivity index (χ0v) is 9.69. The fraction of sp³-hybridized carbons (Fsp3) is 1.00. The summed E-state index contributed by atoms with van der Waals surface area (Å²) in [5.41, 5.74) is 0. The second-order valence-electron chi connectivity index (χ2n) is 4.94. The Morgan fingerprint density at radius 1 is 1.40 bits per heavy atom. The van der Waals surface area contributed by atoms with Gasteiger partial charge in [-0.2, -0.15) is 0 Å². The third-order valence-corrected chi connectivity index (χ3v) is 3.77. The number of hydrogen-bond acceptors (Lipinski definition) is 3. The molecular formula is C12H23NO2. The largest absolute Gasteiger partial charge is 0.391 e. The highest BCUT2D eigenvalue weighted by Gasteiger charge is 2.33. The standard InChI is InChI=1S/C12H23NO2/c1-2-3-10-4-6-13(8-10)11-9-15-7-5-12(11)14/h10-12,14H,2-9H2,1H3. The second kappa shape index (κ2) is 5.28. The van der Waals surface area contributed by atoms with Crippen molar-refractivity contribution in [2.24, 2.45) is 5.92 Å². The number of likely N-dealkylation sites (tertiary alicyclic amines) is 1. The van der Waals surface area contributed by atoms with Gasteiger partial charge in [-0.15, -0.1) is 0 Å². The van der Waals surface area contributed by atoms with Gasteiger partial charge in [-0.3, -0.25) is 4.90 Å². The quantitative estimate of drug-likeness (QED) is 0.766. The first-order valence-corrected chi connectivity index (χ1v) is 6.31. The topological polar surface area (TPSA) is 32.7 Å². The monoisotopic (exact) mass is 213 g/mol. The molecule has 0 spiro atoms. The summed E-state index contributed by atoms with van der Waals surface area (Å²) >= 11 is 0. The van der Waals surface area contributed by atoms with E-state index in [1.807, 2.05) is 0 Å². The van der Waals surface area contributed by atoms with E-state index in [4.69, 9.17) is 4.74 Å². The molecule has 3 heteroatoms. The minimum atomic E-state index is -0.167. The Morgan fingerprint density at radius 2 is 2.27 bits per heavy atom. The smallest absolute Gasteiger partial charge is 0.0739 e. The van der Waals surface area contributed by atoms with Crippen molar-refractivity contribution in [2.45, 2.75) is 44.8 Å². The predicted molar refractivity (Wildman–Crippen MR) is 59.8 cm³/mol. The molecule has 0 aromatic carbocycles. The first kappa shape index (κ1) is 11.4. The van der Waals surface area contributed by atoms with Crippen LogP contribution in [0.15, 0.2) is 0 Å². The molecule has 88 valence electrons. The van der Waals surface area contributed by atoms with Gasteiger partial charge in [0.2, 0.25) is 0 Å². The molecule has 0 aliphatic carbocycles. The van der Waals surface area contributed by atoms with Gasteiger partial charge in [0.05, 0.1) is 18.8 Å². The van der Waals surface area contributed by atoms with Crippen molar-refractivity contribution in [2.75, 3.05) is 26.3 Å². The van der Waals surface area contributed by atoms with Gasteiger partial charge in [0.25, 0.3) is 0 Å². The SMILES string of the molecule is CCCC1CCN(C2COCCC2O)C1. The molecule has 0 aromatic rings. The maximum atomic E-state index is 9.92. The normalized spacial score (nSPS) is 38.4. The number of hydrogen-bond donors (Lipinski definition) is 1. The molecular weight excluding hydrogens is 190 g/mol. The fourth-order valence-electron chi connectivity index (χ4n) is 2.87. The summed E-state index contributed by atoms with van der Waals surface area (Å²) in [4.78, 5) is 2.43. The summed E-state index contributed by atoms with van der Waals surface area (Å²) in [6, 6.07) is 0.264. The Kier molecular flexibility index (Phi) is 4.00. The van der Waals surface area contributed by atoms with Gasteiger partial charge in [0.1, 0.15) is 0 Å². The van der Waals surface area contributed by atoms with Gasteiger partial charge < -0.3 is 9.84 Å². The van der Waals surface area contributed by atoms with Gasteiger partial charge in [-0.25, -0.2) is 0 Å². The van der Waals surface area contributed by atoms with Crippen molar-refractivity contribution in [3.05, 3.63) is 0 Å². The van der Waals surface area contributed by atoms with Crippen LogP contribution >= 0.6 is 0 Å². The van der Waals surface area contributed by atoms with Gasteiger partial charge in [-0.05, 0) is 31.7 Å². The molecule has 2 aliphatic heterocycles. The lowest BCUT2D eigenvalue weighted by Gasteiger charge is -2.35. The first-order valence-electron chi connectivity index (χ1n) is 6.31. The van der Waals surface area contributed by atoms with E-state index in [0.717, 1.165) is 32.1 Å². The molecule has 2 rings (SSSR count). The van der Waals surface area contributed by atoms with Crippen molar-refractivity contribution in [1.29, 1.82) is 0 Å². The number of ether oxygens (including phenoxy) is 1.